The van der Waals surface area contributed by atoms with Crippen molar-refractivity contribution in [2.24, 2.45) is 0 Å². The highest BCUT2D eigenvalue weighted by atomic mass is 35.5. The van der Waals surface area contributed by atoms with Gasteiger partial charge in [0.15, 0.2) is 0 Å². The van der Waals surface area contributed by atoms with Crippen LogP contribution in [0.5, 0.6) is 11.5 Å². The molecule has 1 aromatic heterocycles. The molecular weight excluding hydrogens is 348 g/mol. The van der Waals surface area contributed by atoms with Crippen molar-refractivity contribution < 1.29 is 4.74 Å². The van der Waals surface area contributed by atoms with E-state index in [9.17, 15) is 0 Å². The fourth-order valence-corrected chi connectivity index (χ4v) is 2.84. The van der Waals surface area contributed by atoms with Gasteiger partial charge in [-0.3, -0.25) is 0 Å². The molecule has 0 atom stereocenters. The van der Waals surface area contributed by atoms with E-state index in [0.717, 1.165) is 22.7 Å². The molecule has 128 valence electrons. The summed E-state index contributed by atoms with van der Waals surface area (Å²) in [5.74, 6) is 2.14. The van der Waals surface area contributed by atoms with E-state index in [2.05, 4.69) is 15.3 Å². The first-order valence-electron chi connectivity index (χ1n) is 7.99. The summed E-state index contributed by atoms with van der Waals surface area (Å²) in [6.45, 7) is 0. The highest BCUT2D eigenvalue weighted by molar-refractivity contribution is 6.38. The number of hydrogen-bond acceptors (Lipinski definition) is 5. The van der Waals surface area contributed by atoms with Crippen molar-refractivity contribution in [3.05, 3.63) is 78.1 Å². The van der Waals surface area contributed by atoms with E-state index >= 15 is 0 Å². The minimum atomic E-state index is 0.439. The number of rotatable bonds is 4. The number of ether oxygens (including phenoxy) is 1. The van der Waals surface area contributed by atoms with E-state index in [0.29, 0.717) is 21.9 Å². The Morgan fingerprint density at radius 1 is 0.846 bits per heavy atom. The van der Waals surface area contributed by atoms with Gasteiger partial charge in [0.1, 0.15) is 23.6 Å². The lowest BCUT2D eigenvalue weighted by molar-refractivity contribution is 0.483. The molecule has 0 unspecified atom stereocenters. The van der Waals surface area contributed by atoms with Gasteiger partial charge in [0.05, 0.1) is 21.6 Å². The summed E-state index contributed by atoms with van der Waals surface area (Å²) < 4.78 is 5.80. The van der Waals surface area contributed by atoms with Crippen molar-refractivity contribution in [3.8, 4) is 11.5 Å². The maximum Gasteiger partial charge on any atom is 0.143 e. The number of aromatic nitrogens is 2. The predicted octanol–water partition coefficient (Wildman–Crippen LogP) is 5.40. The summed E-state index contributed by atoms with van der Waals surface area (Å²) in [6, 6.07) is 20.8. The number of nitrogens with one attached hydrogen (secondary N) is 1. The number of fused-ring (bicyclic) bond motifs is 1. The molecule has 0 amide bonds. The van der Waals surface area contributed by atoms with Crippen LogP contribution in [-0.4, -0.2) is 9.97 Å². The number of halogens is 1. The van der Waals surface area contributed by atoms with E-state index in [4.69, 9.17) is 22.1 Å². The quantitative estimate of drug-likeness (QED) is 0.475. The van der Waals surface area contributed by atoms with Crippen LogP contribution >= 0.6 is 11.6 Å². The fourth-order valence-electron chi connectivity index (χ4n) is 2.59. The largest absolute Gasteiger partial charge is 0.457 e. The van der Waals surface area contributed by atoms with E-state index in [1.807, 2.05) is 60.7 Å². The molecule has 3 aromatic carbocycles. The van der Waals surface area contributed by atoms with Crippen LogP contribution in [0.2, 0.25) is 5.02 Å². The number of benzene rings is 3. The lowest BCUT2D eigenvalue weighted by atomic mass is 10.2. The summed E-state index contributed by atoms with van der Waals surface area (Å²) in [4.78, 5) is 8.54. The third-order valence-electron chi connectivity index (χ3n) is 3.87. The van der Waals surface area contributed by atoms with Crippen LogP contribution in [0.25, 0.3) is 10.9 Å². The lowest BCUT2D eigenvalue weighted by Crippen LogP contribution is -1.98. The summed E-state index contributed by atoms with van der Waals surface area (Å²) >= 11 is 6.35. The summed E-state index contributed by atoms with van der Waals surface area (Å²) in [7, 11) is 0. The standard InChI is InChI=1S/C20H15ClN4O/c21-19-16(22)10-11-17-18(19)20(24-12-23-17)25-13-6-8-15(9-7-13)26-14-4-2-1-3-5-14/h1-12H,22H2,(H,23,24,25). The van der Waals surface area contributed by atoms with Gasteiger partial charge in [-0.25, -0.2) is 9.97 Å². The smallest absolute Gasteiger partial charge is 0.143 e. The molecule has 4 aromatic rings. The molecule has 0 aliphatic carbocycles. The van der Waals surface area contributed by atoms with Gasteiger partial charge in [0.2, 0.25) is 0 Å². The zero-order valence-electron chi connectivity index (χ0n) is 13.7. The number of para-hydroxylation sites is 1. The van der Waals surface area contributed by atoms with Crippen LogP contribution in [0, 0.1) is 0 Å². The van der Waals surface area contributed by atoms with Gasteiger partial charge in [-0.15, -0.1) is 0 Å². The van der Waals surface area contributed by atoms with Crippen LogP contribution in [0.3, 0.4) is 0 Å². The number of nitrogens with zero attached hydrogens (tertiary/aromatic N) is 2. The van der Waals surface area contributed by atoms with Crippen molar-refractivity contribution in [2.45, 2.75) is 0 Å². The third kappa shape index (κ3) is 3.25. The average molecular weight is 363 g/mol. The van der Waals surface area contributed by atoms with E-state index < -0.39 is 0 Å². The second kappa shape index (κ2) is 6.90. The average Bonchev–Trinajstić information content (AvgIpc) is 2.67. The number of hydrogen-bond donors (Lipinski definition) is 2. The van der Waals surface area contributed by atoms with Gasteiger partial charge in [-0.2, -0.15) is 0 Å². The molecule has 3 N–H and O–H groups in total. The first-order valence-corrected chi connectivity index (χ1v) is 8.37. The van der Waals surface area contributed by atoms with Gasteiger partial charge >= 0.3 is 0 Å². The number of nitrogen functional groups attached to an aromatic ring is 1. The number of nitrogens with two attached hydrogens (primary N) is 1. The Morgan fingerprint density at radius 2 is 1.58 bits per heavy atom. The Balaban J connectivity index is 1.60. The minimum Gasteiger partial charge on any atom is -0.457 e. The molecule has 0 bridgehead atoms. The van der Waals surface area contributed by atoms with Crippen LogP contribution in [0.1, 0.15) is 0 Å². The summed E-state index contributed by atoms with van der Waals surface area (Å²) in [5.41, 5.74) is 7.98. The monoisotopic (exact) mass is 362 g/mol. The molecule has 5 nitrogen and oxygen atoms in total. The minimum absolute atomic E-state index is 0.439. The van der Waals surface area contributed by atoms with Gasteiger partial charge in [0, 0.05) is 5.69 Å². The molecule has 0 aliphatic heterocycles. The van der Waals surface area contributed by atoms with Crippen molar-refractivity contribution in [3.63, 3.8) is 0 Å². The van der Waals surface area contributed by atoms with E-state index in [1.165, 1.54) is 6.33 Å². The third-order valence-corrected chi connectivity index (χ3v) is 4.27. The van der Waals surface area contributed by atoms with Gasteiger partial charge in [0.25, 0.3) is 0 Å². The van der Waals surface area contributed by atoms with Crippen molar-refractivity contribution in [1.29, 1.82) is 0 Å². The Morgan fingerprint density at radius 3 is 2.35 bits per heavy atom. The molecule has 0 radical (unpaired) electrons. The highest BCUT2D eigenvalue weighted by Gasteiger charge is 2.10. The van der Waals surface area contributed by atoms with Crippen molar-refractivity contribution in [2.75, 3.05) is 11.1 Å². The van der Waals surface area contributed by atoms with Gasteiger partial charge in [-0.1, -0.05) is 29.8 Å². The molecule has 26 heavy (non-hydrogen) atoms. The SMILES string of the molecule is Nc1ccc2ncnc(Nc3ccc(Oc4ccccc4)cc3)c2c1Cl. The van der Waals surface area contributed by atoms with Crippen molar-refractivity contribution in [1.82, 2.24) is 9.97 Å². The van der Waals surface area contributed by atoms with E-state index in [1.54, 1.807) is 6.07 Å². The van der Waals surface area contributed by atoms with Crippen LogP contribution < -0.4 is 15.8 Å². The first-order chi connectivity index (χ1) is 12.7. The molecule has 0 saturated carbocycles. The Kier molecular flexibility index (Phi) is 4.29. The second-order valence-electron chi connectivity index (χ2n) is 5.65. The van der Waals surface area contributed by atoms with Crippen molar-refractivity contribution >= 4 is 39.7 Å². The second-order valence-corrected chi connectivity index (χ2v) is 6.03. The zero-order chi connectivity index (χ0) is 17.9. The highest BCUT2D eigenvalue weighted by Crippen LogP contribution is 2.33. The Hall–Kier alpha value is -3.31. The van der Waals surface area contributed by atoms with Gasteiger partial charge < -0.3 is 15.8 Å². The van der Waals surface area contributed by atoms with Crippen LogP contribution in [0.15, 0.2) is 73.1 Å². The fraction of sp³-hybridized carbons (Fsp3) is 0. The van der Waals surface area contributed by atoms with E-state index in [-0.39, 0.29) is 0 Å². The molecule has 1 heterocycles. The molecule has 0 saturated heterocycles. The molecule has 0 fully saturated rings. The predicted molar refractivity (Wildman–Crippen MR) is 105 cm³/mol. The topological polar surface area (TPSA) is 73.1 Å². The molecular formula is C20H15ClN4O. The first kappa shape index (κ1) is 16.2. The lowest BCUT2D eigenvalue weighted by Gasteiger charge is -2.11. The van der Waals surface area contributed by atoms with Gasteiger partial charge in [-0.05, 0) is 48.5 Å². The summed E-state index contributed by atoms with van der Waals surface area (Å²) in [5, 5.41) is 4.39. The molecule has 0 spiro atoms. The van der Waals surface area contributed by atoms with Crippen LogP contribution in [-0.2, 0) is 0 Å². The molecule has 0 aliphatic rings. The maximum atomic E-state index is 6.35. The number of anilines is 3. The normalized spacial score (nSPS) is 10.7. The molecule has 6 heteroatoms. The van der Waals surface area contributed by atoms with Crippen LogP contribution in [0.4, 0.5) is 17.2 Å². The Bertz CT molecular complexity index is 1050. The zero-order valence-corrected chi connectivity index (χ0v) is 14.4. The maximum absolute atomic E-state index is 6.35. The molecule has 4 rings (SSSR count). The summed E-state index contributed by atoms with van der Waals surface area (Å²) in [6.07, 6.45) is 1.49. The Labute approximate surface area is 155 Å².